The largest absolute Gasteiger partial charge is 0.362 e. The minimum absolute atomic E-state index is 0.0766. The second kappa shape index (κ2) is 8.96. The van der Waals surface area contributed by atoms with Gasteiger partial charge in [0.15, 0.2) is 0 Å². The number of likely N-dealkylation sites (tertiary alicyclic amines) is 1. The van der Waals surface area contributed by atoms with Gasteiger partial charge in [-0.3, -0.25) is 9.59 Å². The van der Waals surface area contributed by atoms with E-state index in [2.05, 4.69) is 17.6 Å². The van der Waals surface area contributed by atoms with Crippen molar-refractivity contribution in [3.63, 3.8) is 0 Å². The lowest BCUT2D eigenvalue weighted by Gasteiger charge is -2.46. The molecule has 1 fully saturated rings. The molecule has 0 saturated carbocycles. The zero-order valence-corrected chi connectivity index (χ0v) is 16.9. The summed E-state index contributed by atoms with van der Waals surface area (Å²) in [6.07, 6.45) is 9.18. The summed E-state index contributed by atoms with van der Waals surface area (Å²) in [6.45, 7) is 3.54. The first-order valence-electron chi connectivity index (χ1n) is 10.2. The molecule has 0 atom stereocenters. The Bertz CT molecular complexity index is 684. The Labute approximate surface area is 166 Å². The first kappa shape index (κ1) is 20.0. The van der Waals surface area contributed by atoms with E-state index in [-0.39, 0.29) is 11.8 Å². The first-order chi connectivity index (χ1) is 13.0. The maximum Gasteiger partial charge on any atom is 0.255 e. The van der Waals surface area contributed by atoms with Gasteiger partial charge in [-0.1, -0.05) is 50.6 Å². The van der Waals surface area contributed by atoms with Gasteiger partial charge < -0.3 is 15.5 Å². The fourth-order valence-electron chi connectivity index (χ4n) is 3.99. The third-order valence-electron chi connectivity index (χ3n) is 5.67. The summed E-state index contributed by atoms with van der Waals surface area (Å²) in [6, 6.07) is 5.27. The van der Waals surface area contributed by atoms with Crippen molar-refractivity contribution in [1.29, 1.82) is 0 Å². The van der Waals surface area contributed by atoms with E-state index in [0.717, 1.165) is 18.5 Å². The second-order valence-electron chi connectivity index (χ2n) is 7.75. The van der Waals surface area contributed by atoms with E-state index in [9.17, 15) is 9.59 Å². The molecule has 2 heterocycles. The minimum Gasteiger partial charge on any atom is -0.362 e. The molecule has 2 aliphatic heterocycles. The van der Waals surface area contributed by atoms with Gasteiger partial charge >= 0.3 is 0 Å². The molecule has 0 aromatic heterocycles. The fraction of sp³-hybridized carbons (Fsp3) is 0.619. The number of halogens is 1. The summed E-state index contributed by atoms with van der Waals surface area (Å²) in [4.78, 5) is 26.9. The van der Waals surface area contributed by atoms with Gasteiger partial charge in [-0.25, -0.2) is 0 Å². The molecule has 6 heteroatoms. The summed E-state index contributed by atoms with van der Waals surface area (Å²) in [5.74, 6) is 0.165. The van der Waals surface area contributed by atoms with E-state index in [1.807, 2.05) is 4.90 Å². The summed E-state index contributed by atoms with van der Waals surface area (Å²) >= 11 is 6.08. The quantitative estimate of drug-likeness (QED) is 0.669. The SMILES string of the molecule is CCCCCCCCC(=O)N1CCC2(CC1)NC(=O)c1ccc(Cl)cc1N2. The summed E-state index contributed by atoms with van der Waals surface area (Å²) in [5, 5.41) is 7.18. The topological polar surface area (TPSA) is 61.4 Å². The summed E-state index contributed by atoms with van der Waals surface area (Å²) in [7, 11) is 0. The fourth-order valence-corrected chi connectivity index (χ4v) is 4.17. The lowest BCUT2D eigenvalue weighted by Crippen LogP contribution is -2.62. The van der Waals surface area contributed by atoms with Gasteiger partial charge in [0.2, 0.25) is 5.91 Å². The highest BCUT2D eigenvalue weighted by molar-refractivity contribution is 6.31. The molecule has 1 saturated heterocycles. The molecule has 3 rings (SSSR count). The van der Waals surface area contributed by atoms with Crippen LogP contribution in [0.1, 0.15) is 75.1 Å². The minimum atomic E-state index is -0.480. The molecule has 0 aliphatic carbocycles. The third-order valence-corrected chi connectivity index (χ3v) is 5.90. The molecule has 1 spiro atoms. The van der Waals surface area contributed by atoms with Gasteiger partial charge in [-0.05, 0) is 24.6 Å². The number of carbonyl (C=O) groups excluding carboxylic acids is 2. The Hall–Kier alpha value is -1.75. The van der Waals surface area contributed by atoms with Crippen LogP contribution < -0.4 is 10.6 Å². The van der Waals surface area contributed by atoms with E-state index in [1.165, 1.54) is 25.7 Å². The van der Waals surface area contributed by atoms with Crippen molar-refractivity contribution in [3.05, 3.63) is 28.8 Å². The Kier molecular flexibility index (Phi) is 6.64. The highest BCUT2D eigenvalue weighted by atomic mass is 35.5. The van der Waals surface area contributed by atoms with Crippen molar-refractivity contribution in [2.24, 2.45) is 0 Å². The number of unbranched alkanes of at least 4 members (excludes halogenated alkanes) is 5. The van der Waals surface area contributed by atoms with Gasteiger partial charge in [0.1, 0.15) is 5.66 Å². The molecule has 148 valence electrons. The molecule has 2 aliphatic rings. The number of rotatable bonds is 7. The summed E-state index contributed by atoms with van der Waals surface area (Å²) < 4.78 is 0. The number of hydrogen-bond donors (Lipinski definition) is 2. The van der Waals surface area contributed by atoms with Crippen molar-refractivity contribution in [1.82, 2.24) is 10.2 Å². The van der Waals surface area contributed by atoms with E-state index in [0.29, 0.717) is 42.9 Å². The Morgan fingerprint density at radius 3 is 2.56 bits per heavy atom. The second-order valence-corrected chi connectivity index (χ2v) is 8.19. The van der Waals surface area contributed by atoms with Gasteiger partial charge in [0.05, 0.1) is 11.3 Å². The monoisotopic (exact) mass is 391 g/mol. The number of hydrogen-bond acceptors (Lipinski definition) is 3. The molecule has 2 N–H and O–H groups in total. The predicted octanol–water partition coefficient (Wildman–Crippen LogP) is 4.56. The molecule has 1 aromatic carbocycles. The van der Waals surface area contributed by atoms with Crippen LogP contribution in [0.3, 0.4) is 0 Å². The van der Waals surface area contributed by atoms with Crippen LogP contribution in [0.2, 0.25) is 5.02 Å². The Morgan fingerprint density at radius 2 is 1.81 bits per heavy atom. The highest BCUT2D eigenvalue weighted by Gasteiger charge is 2.40. The van der Waals surface area contributed by atoms with E-state index >= 15 is 0 Å². The number of anilines is 1. The number of nitrogens with one attached hydrogen (secondary N) is 2. The van der Waals surface area contributed by atoms with Crippen molar-refractivity contribution < 1.29 is 9.59 Å². The average Bonchev–Trinajstić information content (AvgIpc) is 2.64. The van der Waals surface area contributed by atoms with Crippen LogP contribution in [-0.4, -0.2) is 35.5 Å². The molecule has 27 heavy (non-hydrogen) atoms. The average molecular weight is 392 g/mol. The molecule has 0 bridgehead atoms. The number of piperidine rings is 1. The lowest BCUT2D eigenvalue weighted by atomic mass is 9.92. The van der Waals surface area contributed by atoms with Crippen molar-refractivity contribution in [3.8, 4) is 0 Å². The Balaban J connectivity index is 1.48. The third kappa shape index (κ3) is 4.95. The molecule has 5 nitrogen and oxygen atoms in total. The lowest BCUT2D eigenvalue weighted by molar-refractivity contribution is -0.132. The van der Waals surface area contributed by atoms with Gasteiger partial charge in [0.25, 0.3) is 5.91 Å². The maximum absolute atomic E-state index is 12.5. The van der Waals surface area contributed by atoms with Crippen LogP contribution in [0.4, 0.5) is 5.69 Å². The molecule has 0 radical (unpaired) electrons. The van der Waals surface area contributed by atoms with Crippen molar-refractivity contribution in [2.75, 3.05) is 18.4 Å². The smallest absolute Gasteiger partial charge is 0.255 e. The van der Waals surface area contributed by atoms with E-state index in [4.69, 9.17) is 11.6 Å². The maximum atomic E-state index is 12.5. The molecular formula is C21H30ClN3O2. The molecule has 2 amide bonds. The normalized spacial score (nSPS) is 18.0. The molecule has 0 unspecified atom stereocenters. The predicted molar refractivity (Wildman–Crippen MR) is 109 cm³/mol. The number of benzene rings is 1. The van der Waals surface area contributed by atoms with Gasteiger partial charge in [-0.2, -0.15) is 0 Å². The van der Waals surface area contributed by atoms with Crippen LogP contribution in [0, 0.1) is 0 Å². The van der Waals surface area contributed by atoms with Crippen LogP contribution in [0.15, 0.2) is 18.2 Å². The van der Waals surface area contributed by atoms with Crippen molar-refractivity contribution in [2.45, 2.75) is 70.4 Å². The van der Waals surface area contributed by atoms with Gasteiger partial charge in [0, 0.05) is 37.4 Å². The van der Waals surface area contributed by atoms with Crippen molar-refractivity contribution >= 4 is 29.1 Å². The molecular weight excluding hydrogens is 362 g/mol. The van der Waals surface area contributed by atoms with Crippen LogP contribution in [0.25, 0.3) is 0 Å². The number of nitrogens with zero attached hydrogens (tertiary/aromatic N) is 1. The Morgan fingerprint density at radius 1 is 1.11 bits per heavy atom. The number of amides is 2. The number of fused-ring (bicyclic) bond motifs is 1. The van der Waals surface area contributed by atoms with Crippen LogP contribution >= 0.6 is 11.6 Å². The summed E-state index contributed by atoms with van der Waals surface area (Å²) in [5.41, 5.74) is 0.913. The van der Waals surface area contributed by atoms with E-state index < -0.39 is 5.66 Å². The number of carbonyl (C=O) groups is 2. The zero-order chi connectivity index (χ0) is 19.3. The highest BCUT2D eigenvalue weighted by Crippen LogP contribution is 2.33. The van der Waals surface area contributed by atoms with Gasteiger partial charge in [-0.15, -0.1) is 0 Å². The standard InChI is InChI=1S/C21H30ClN3O2/c1-2-3-4-5-6-7-8-19(26)25-13-11-21(12-14-25)23-18-15-16(22)9-10-17(18)20(27)24-21/h9-10,15,23H,2-8,11-14H2,1H3,(H,24,27). The molecule has 1 aromatic rings. The zero-order valence-electron chi connectivity index (χ0n) is 16.2. The van der Waals surface area contributed by atoms with E-state index in [1.54, 1.807) is 18.2 Å². The van der Waals surface area contributed by atoms with Crippen LogP contribution in [0.5, 0.6) is 0 Å². The van der Waals surface area contributed by atoms with Crippen LogP contribution in [-0.2, 0) is 4.79 Å². The first-order valence-corrected chi connectivity index (χ1v) is 10.6.